The summed E-state index contributed by atoms with van der Waals surface area (Å²) < 4.78 is 5.89. The number of carbonyl (C=O) groups is 1. The Kier molecular flexibility index (Phi) is 5.95. The van der Waals surface area contributed by atoms with Crippen molar-refractivity contribution in [1.29, 1.82) is 0 Å². The van der Waals surface area contributed by atoms with Crippen LogP contribution in [-0.4, -0.2) is 30.0 Å². The Hall–Kier alpha value is -3.11. The van der Waals surface area contributed by atoms with Crippen LogP contribution in [0.2, 0.25) is 0 Å². The molecule has 1 heterocycles. The van der Waals surface area contributed by atoms with Gasteiger partial charge in [-0.3, -0.25) is 9.69 Å². The predicted molar refractivity (Wildman–Crippen MR) is 127 cm³/mol. The molecule has 1 unspecified atom stereocenters. The normalized spacial score (nSPS) is 18.1. The van der Waals surface area contributed by atoms with Crippen LogP contribution in [0.1, 0.15) is 46.7 Å². The zero-order valence-electron chi connectivity index (χ0n) is 18.6. The van der Waals surface area contributed by atoms with Gasteiger partial charge in [-0.15, -0.1) is 0 Å². The van der Waals surface area contributed by atoms with Crippen molar-refractivity contribution in [1.82, 2.24) is 10.2 Å². The number of nitrogens with zero attached hydrogens (tertiary/aromatic N) is 1. The van der Waals surface area contributed by atoms with Crippen LogP contribution in [0.5, 0.6) is 5.75 Å². The Morgan fingerprint density at radius 2 is 1.88 bits per heavy atom. The minimum absolute atomic E-state index is 0.0362. The highest BCUT2D eigenvalue weighted by atomic mass is 16.5. The number of rotatable bonds is 7. The second-order valence-corrected chi connectivity index (χ2v) is 9.01. The maximum atomic E-state index is 12.1. The molecule has 0 radical (unpaired) electrons. The van der Waals surface area contributed by atoms with Gasteiger partial charge in [-0.25, -0.2) is 0 Å². The number of ether oxygens (including phenoxy) is 1. The van der Waals surface area contributed by atoms with Crippen LogP contribution < -0.4 is 10.1 Å². The van der Waals surface area contributed by atoms with Crippen LogP contribution in [0, 0.1) is 6.92 Å². The van der Waals surface area contributed by atoms with E-state index < -0.39 is 0 Å². The molecule has 3 aromatic rings. The van der Waals surface area contributed by atoms with Gasteiger partial charge in [-0.1, -0.05) is 66.2 Å². The molecule has 3 aromatic carbocycles. The highest BCUT2D eigenvalue weighted by molar-refractivity contribution is 5.78. The van der Waals surface area contributed by atoms with Gasteiger partial charge >= 0.3 is 0 Å². The second-order valence-electron chi connectivity index (χ2n) is 9.01. The molecule has 2 aliphatic rings. The number of fused-ring (bicyclic) bond motifs is 1. The third kappa shape index (κ3) is 4.86. The molecule has 0 saturated heterocycles. The lowest BCUT2D eigenvalue weighted by Crippen LogP contribution is -2.35. The molecule has 0 aromatic heterocycles. The van der Waals surface area contributed by atoms with Crippen LogP contribution in [0.4, 0.5) is 0 Å². The fourth-order valence-electron chi connectivity index (χ4n) is 4.62. The number of aryl methyl sites for hydroxylation is 1. The zero-order valence-corrected chi connectivity index (χ0v) is 18.6. The van der Waals surface area contributed by atoms with Gasteiger partial charge in [0.25, 0.3) is 5.91 Å². The molecule has 1 atom stereocenters. The summed E-state index contributed by atoms with van der Waals surface area (Å²) in [6.07, 6.45) is 3.17. The first-order valence-corrected chi connectivity index (χ1v) is 11.6. The van der Waals surface area contributed by atoms with Crippen molar-refractivity contribution in [2.24, 2.45) is 0 Å². The summed E-state index contributed by atoms with van der Waals surface area (Å²) in [6, 6.07) is 26.3. The van der Waals surface area contributed by atoms with Crippen molar-refractivity contribution < 1.29 is 9.53 Å². The fourth-order valence-corrected chi connectivity index (χ4v) is 4.62. The van der Waals surface area contributed by atoms with Crippen molar-refractivity contribution in [3.63, 3.8) is 0 Å². The molecule has 1 amide bonds. The summed E-state index contributed by atoms with van der Waals surface area (Å²) in [7, 11) is 0. The number of hydrogen-bond donors (Lipinski definition) is 1. The van der Waals surface area contributed by atoms with Gasteiger partial charge in [0.15, 0.2) is 6.61 Å². The fraction of sp³-hybridized carbons (Fsp3) is 0.321. The largest absolute Gasteiger partial charge is 0.484 e. The summed E-state index contributed by atoms with van der Waals surface area (Å²) in [5.41, 5.74) is 6.53. The van der Waals surface area contributed by atoms with Crippen LogP contribution in [0.3, 0.4) is 0 Å². The summed E-state index contributed by atoms with van der Waals surface area (Å²) in [6.45, 7) is 4.12. The van der Waals surface area contributed by atoms with E-state index in [4.69, 9.17) is 4.74 Å². The molecule has 32 heavy (non-hydrogen) atoms. The van der Waals surface area contributed by atoms with Gasteiger partial charge in [0.1, 0.15) is 5.75 Å². The van der Waals surface area contributed by atoms with Gasteiger partial charge < -0.3 is 10.1 Å². The lowest BCUT2D eigenvalue weighted by molar-refractivity contribution is -0.123. The minimum atomic E-state index is -0.0362. The number of nitrogens with one attached hydrogen (secondary N) is 1. The first-order valence-electron chi connectivity index (χ1n) is 11.6. The van der Waals surface area contributed by atoms with Gasteiger partial charge in [0.2, 0.25) is 0 Å². The maximum Gasteiger partial charge on any atom is 0.258 e. The molecule has 4 nitrogen and oxygen atoms in total. The number of carbonyl (C=O) groups excluding carboxylic acids is 1. The molecule has 0 bridgehead atoms. The van der Waals surface area contributed by atoms with Crippen molar-refractivity contribution in [2.45, 2.75) is 44.8 Å². The molecular formula is C28H30N2O2. The maximum absolute atomic E-state index is 12.1. The van der Waals surface area contributed by atoms with E-state index in [1.807, 2.05) is 6.07 Å². The quantitative estimate of drug-likeness (QED) is 0.590. The van der Waals surface area contributed by atoms with Crippen molar-refractivity contribution >= 4 is 5.91 Å². The Bertz CT molecular complexity index is 1090. The summed E-state index contributed by atoms with van der Waals surface area (Å²) in [5.74, 6) is 0.721. The van der Waals surface area contributed by atoms with Gasteiger partial charge in [0, 0.05) is 19.1 Å². The highest BCUT2D eigenvalue weighted by Gasteiger charge is 2.29. The summed E-state index contributed by atoms with van der Waals surface area (Å²) in [5, 5.41) is 2.99. The number of benzene rings is 3. The third-order valence-corrected chi connectivity index (χ3v) is 6.34. The van der Waals surface area contributed by atoms with Crippen molar-refractivity contribution in [3.8, 4) is 5.75 Å². The summed E-state index contributed by atoms with van der Waals surface area (Å²) in [4.78, 5) is 14.6. The monoisotopic (exact) mass is 426 g/mol. The minimum Gasteiger partial charge on any atom is -0.484 e. The Morgan fingerprint density at radius 3 is 2.66 bits per heavy atom. The van der Waals surface area contributed by atoms with Crippen molar-refractivity contribution in [2.75, 3.05) is 13.2 Å². The van der Waals surface area contributed by atoms with Crippen molar-refractivity contribution in [3.05, 3.63) is 101 Å². The van der Waals surface area contributed by atoms with Crippen LogP contribution >= 0.6 is 0 Å². The topological polar surface area (TPSA) is 41.6 Å². The second kappa shape index (κ2) is 9.17. The lowest BCUT2D eigenvalue weighted by Gasteiger charge is -2.38. The Balaban J connectivity index is 1.42. The zero-order chi connectivity index (χ0) is 21.9. The highest BCUT2D eigenvalue weighted by Crippen LogP contribution is 2.38. The van der Waals surface area contributed by atoms with E-state index in [0.29, 0.717) is 6.04 Å². The van der Waals surface area contributed by atoms with E-state index in [-0.39, 0.29) is 18.6 Å². The standard InChI is InChI=1S/C28H30N2O2/c1-20-6-5-7-21(16-20)18-30-15-14-22-10-13-25(32-19-27(31)29-24-11-12-24)17-26(22)28(30)23-8-3-2-4-9-23/h2-10,13,16-17,24,28H,11-12,14-15,18-19H2,1H3,(H,29,31). The van der Waals surface area contributed by atoms with Gasteiger partial charge in [-0.05, 0) is 60.6 Å². The van der Waals surface area contributed by atoms with Crippen LogP contribution in [-0.2, 0) is 17.8 Å². The molecule has 5 rings (SSSR count). The molecule has 1 aliphatic heterocycles. The molecule has 1 fully saturated rings. The van der Waals surface area contributed by atoms with E-state index >= 15 is 0 Å². The molecule has 164 valence electrons. The first kappa shape index (κ1) is 20.8. The molecule has 1 N–H and O–H groups in total. The smallest absolute Gasteiger partial charge is 0.258 e. The van der Waals surface area contributed by atoms with E-state index in [0.717, 1.165) is 38.1 Å². The van der Waals surface area contributed by atoms with E-state index in [9.17, 15) is 4.79 Å². The predicted octanol–water partition coefficient (Wildman–Crippen LogP) is 4.80. The average molecular weight is 427 g/mol. The molecule has 4 heteroatoms. The van der Waals surface area contributed by atoms with E-state index in [1.54, 1.807) is 0 Å². The van der Waals surface area contributed by atoms with E-state index in [1.165, 1.54) is 27.8 Å². The first-order chi connectivity index (χ1) is 15.7. The van der Waals surface area contributed by atoms with E-state index in [2.05, 4.69) is 83.9 Å². The number of hydrogen-bond acceptors (Lipinski definition) is 3. The third-order valence-electron chi connectivity index (χ3n) is 6.34. The van der Waals surface area contributed by atoms with Crippen LogP contribution in [0.25, 0.3) is 0 Å². The lowest BCUT2D eigenvalue weighted by atomic mass is 9.87. The molecule has 1 aliphatic carbocycles. The molecular weight excluding hydrogens is 396 g/mol. The van der Waals surface area contributed by atoms with Gasteiger partial charge in [-0.2, -0.15) is 0 Å². The Morgan fingerprint density at radius 1 is 1.03 bits per heavy atom. The molecule has 1 saturated carbocycles. The SMILES string of the molecule is Cc1cccc(CN2CCc3ccc(OCC(=O)NC4CC4)cc3C2c2ccccc2)c1. The van der Waals surface area contributed by atoms with Crippen LogP contribution in [0.15, 0.2) is 72.8 Å². The Labute approximate surface area is 190 Å². The summed E-state index contributed by atoms with van der Waals surface area (Å²) >= 11 is 0. The number of amides is 1. The molecule has 0 spiro atoms. The van der Waals surface area contributed by atoms with Gasteiger partial charge in [0.05, 0.1) is 6.04 Å². The average Bonchev–Trinajstić information content (AvgIpc) is 3.62.